The number of pyridine rings is 1. The second kappa shape index (κ2) is 3.77. The van der Waals surface area contributed by atoms with E-state index in [9.17, 15) is 0 Å². The molecule has 0 spiro atoms. The fourth-order valence-electron chi connectivity index (χ4n) is 2.91. The zero-order valence-electron chi connectivity index (χ0n) is 8.87. The van der Waals surface area contributed by atoms with Crippen LogP contribution in [0, 0.1) is 0 Å². The summed E-state index contributed by atoms with van der Waals surface area (Å²) in [5, 5.41) is 7.08. The highest BCUT2D eigenvalue weighted by molar-refractivity contribution is 5.32. The van der Waals surface area contributed by atoms with Gasteiger partial charge < -0.3 is 5.32 Å². The van der Waals surface area contributed by atoms with Crippen LogP contribution in [-0.2, 0) is 0 Å². The van der Waals surface area contributed by atoms with Crippen molar-refractivity contribution in [2.45, 2.75) is 37.3 Å². The van der Waals surface area contributed by atoms with Gasteiger partial charge in [0.25, 0.3) is 0 Å². The van der Waals surface area contributed by atoms with Crippen LogP contribution in [0.5, 0.6) is 0 Å². The van der Waals surface area contributed by atoms with Crippen molar-refractivity contribution >= 4 is 5.82 Å². The first kappa shape index (κ1) is 9.63. The Morgan fingerprint density at radius 2 is 2.38 bits per heavy atom. The van der Waals surface area contributed by atoms with Gasteiger partial charge in [-0.05, 0) is 41.5 Å². The Morgan fingerprint density at radius 3 is 2.94 bits per heavy atom. The molecule has 3 heterocycles. The molecule has 2 aliphatic heterocycles. The summed E-state index contributed by atoms with van der Waals surface area (Å²) in [7, 11) is 0. The van der Waals surface area contributed by atoms with E-state index in [0.717, 1.165) is 0 Å². The van der Waals surface area contributed by atoms with E-state index in [-0.39, 0.29) is 0 Å². The number of nitrogens with one attached hydrogen (secondary N) is 1. The van der Waals surface area contributed by atoms with Crippen LogP contribution < -0.4 is 5.32 Å². The molecule has 0 saturated carbocycles. The van der Waals surface area contributed by atoms with Crippen LogP contribution in [0.3, 0.4) is 0 Å². The summed E-state index contributed by atoms with van der Waals surface area (Å²) in [6.45, 7) is 0. The molecule has 16 heavy (non-hydrogen) atoms. The van der Waals surface area contributed by atoms with Gasteiger partial charge in [0.05, 0.1) is 0 Å². The average molecular weight is 215 g/mol. The highest BCUT2D eigenvalue weighted by Crippen LogP contribution is 2.39. The molecule has 1 N–H and O–H groups in total. The highest BCUT2D eigenvalue weighted by atomic mass is 15.2. The number of hydrogen-bond acceptors (Lipinski definition) is 3. The van der Waals surface area contributed by atoms with Gasteiger partial charge in [-0.15, -0.1) is 0 Å². The fraction of sp³-hybridized carbons (Fsp3) is 0.545. The number of aromatic nitrogens is 1. The number of rotatable bonds is 2. The van der Waals surface area contributed by atoms with E-state index in [2.05, 4.69) is 20.3 Å². The van der Waals surface area contributed by atoms with Crippen molar-refractivity contribution in [2.75, 3.05) is 0 Å². The van der Waals surface area contributed by atoms with Gasteiger partial charge in [-0.1, -0.05) is 6.07 Å². The molecular formula is C11H13N5. The summed E-state index contributed by atoms with van der Waals surface area (Å²) >= 11 is 0. The summed E-state index contributed by atoms with van der Waals surface area (Å²) in [6, 6.07) is 5.15. The minimum atomic E-state index is 0.447. The zero-order valence-corrected chi connectivity index (χ0v) is 8.87. The largest absolute Gasteiger partial charge is 0.311 e. The molecule has 2 fully saturated rings. The second-order valence-electron chi connectivity index (χ2n) is 4.53. The Bertz CT molecular complexity index is 434. The smallest absolute Gasteiger partial charge is 0.126 e. The van der Waals surface area contributed by atoms with Crippen molar-refractivity contribution in [2.24, 2.45) is 5.11 Å². The molecule has 5 nitrogen and oxygen atoms in total. The number of azide groups is 1. The quantitative estimate of drug-likeness (QED) is 0.468. The molecule has 0 radical (unpaired) electrons. The summed E-state index contributed by atoms with van der Waals surface area (Å²) in [5.74, 6) is 1.04. The molecule has 1 aromatic rings. The van der Waals surface area contributed by atoms with Crippen LogP contribution in [-0.4, -0.2) is 17.1 Å². The Hall–Kier alpha value is -1.58. The molecule has 0 amide bonds. The minimum absolute atomic E-state index is 0.447. The molecule has 2 saturated heterocycles. The molecule has 82 valence electrons. The van der Waals surface area contributed by atoms with Gasteiger partial charge in [-0.2, -0.15) is 0 Å². The van der Waals surface area contributed by atoms with E-state index in [4.69, 9.17) is 5.53 Å². The van der Waals surface area contributed by atoms with E-state index >= 15 is 0 Å². The lowest BCUT2D eigenvalue weighted by Crippen LogP contribution is -2.21. The van der Waals surface area contributed by atoms with E-state index in [0.29, 0.717) is 23.8 Å². The van der Waals surface area contributed by atoms with Gasteiger partial charge >= 0.3 is 0 Å². The van der Waals surface area contributed by atoms with Gasteiger partial charge in [0.2, 0.25) is 0 Å². The Balaban J connectivity index is 1.82. The van der Waals surface area contributed by atoms with E-state index in [1.807, 2.05) is 12.3 Å². The van der Waals surface area contributed by atoms with E-state index in [1.165, 1.54) is 24.8 Å². The van der Waals surface area contributed by atoms with Gasteiger partial charge in [0.1, 0.15) is 5.82 Å². The standard InChI is InChI=1S/C11H13N5/c12-16-15-11-4-1-7(6-13-11)9-5-8-2-3-10(9)14-8/h1,4,6,8-10,14H,2-3,5H2. The Labute approximate surface area is 93.5 Å². The predicted octanol–water partition coefficient (Wildman–Crippen LogP) is 2.63. The van der Waals surface area contributed by atoms with Gasteiger partial charge in [0, 0.05) is 29.1 Å². The zero-order chi connectivity index (χ0) is 11.0. The van der Waals surface area contributed by atoms with Crippen molar-refractivity contribution in [1.82, 2.24) is 10.3 Å². The lowest BCUT2D eigenvalue weighted by molar-refractivity contribution is 0.505. The van der Waals surface area contributed by atoms with Crippen LogP contribution >= 0.6 is 0 Å². The third kappa shape index (κ3) is 1.54. The average Bonchev–Trinajstić information content (AvgIpc) is 2.92. The lowest BCUT2D eigenvalue weighted by atomic mass is 9.85. The fourth-order valence-corrected chi connectivity index (χ4v) is 2.91. The maximum Gasteiger partial charge on any atom is 0.126 e. The first-order valence-corrected chi connectivity index (χ1v) is 5.64. The predicted molar refractivity (Wildman–Crippen MR) is 60.3 cm³/mol. The monoisotopic (exact) mass is 215 g/mol. The van der Waals surface area contributed by atoms with Crippen LogP contribution in [0.15, 0.2) is 23.4 Å². The molecule has 3 rings (SSSR count). The van der Waals surface area contributed by atoms with Crippen LogP contribution in [0.1, 0.15) is 30.7 Å². The number of nitrogens with zero attached hydrogens (tertiary/aromatic N) is 4. The van der Waals surface area contributed by atoms with E-state index < -0.39 is 0 Å². The van der Waals surface area contributed by atoms with E-state index in [1.54, 1.807) is 6.07 Å². The molecule has 2 aliphatic rings. The molecule has 1 aromatic heterocycles. The molecule has 0 aromatic carbocycles. The lowest BCUT2D eigenvalue weighted by Gasteiger charge is -2.19. The highest BCUT2D eigenvalue weighted by Gasteiger charge is 2.39. The van der Waals surface area contributed by atoms with Gasteiger partial charge in [-0.25, -0.2) is 0 Å². The summed E-state index contributed by atoms with van der Waals surface area (Å²) < 4.78 is 0. The topological polar surface area (TPSA) is 73.7 Å². The summed E-state index contributed by atoms with van der Waals surface area (Å²) in [4.78, 5) is 6.87. The molecule has 0 aliphatic carbocycles. The minimum Gasteiger partial charge on any atom is -0.311 e. The SMILES string of the molecule is [N-]=[N+]=Nc1ccc(C2CC3CCC2N3)cn1. The molecule has 3 atom stereocenters. The molecule has 2 bridgehead atoms. The van der Waals surface area contributed by atoms with Gasteiger partial charge in [-0.3, -0.25) is 4.98 Å². The third-order valence-electron chi connectivity index (χ3n) is 3.65. The maximum absolute atomic E-state index is 8.29. The van der Waals surface area contributed by atoms with Crippen molar-refractivity contribution < 1.29 is 0 Å². The van der Waals surface area contributed by atoms with Crippen LogP contribution in [0.25, 0.3) is 10.4 Å². The third-order valence-corrected chi connectivity index (χ3v) is 3.65. The molecule has 3 unspecified atom stereocenters. The van der Waals surface area contributed by atoms with Crippen molar-refractivity contribution in [3.8, 4) is 0 Å². The summed E-state index contributed by atoms with van der Waals surface area (Å²) in [5.41, 5.74) is 9.56. The maximum atomic E-state index is 8.29. The first-order chi connectivity index (χ1) is 7.86. The Kier molecular flexibility index (Phi) is 2.27. The van der Waals surface area contributed by atoms with Crippen molar-refractivity contribution in [3.05, 3.63) is 34.3 Å². The van der Waals surface area contributed by atoms with Gasteiger partial charge in [0.15, 0.2) is 0 Å². The van der Waals surface area contributed by atoms with Crippen LogP contribution in [0.4, 0.5) is 5.82 Å². The van der Waals surface area contributed by atoms with Crippen molar-refractivity contribution in [1.29, 1.82) is 0 Å². The second-order valence-corrected chi connectivity index (χ2v) is 4.53. The number of fused-ring (bicyclic) bond motifs is 2. The summed E-state index contributed by atoms with van der Waals surface area (Å²) in [6.07, 6.45) is 5.64. The normalized spacial score (nSPS) is 31.4. The number of hydrogen-bond donors (Lipinski definition) is 1. The molecular weight excluding hydrogens is 202 g/mol. The Morgan fingerprint density at radius 1 is 1.44 bits per heavy atom. The van der Waals surface area contributed by atoms with Crippen LogP contribution in [0.2, 0.25) is 0 Å². The first-order valence-electron chi connectivity index (χ1n) is 5.64. The molecule has 5 heteroatoms. The van der Waals surface area contributed by atoms with Crippen molar-refractivity contribution in [3.63, 3.8) is 0 Å².